The number of hydrogen-bond donors (Lipinski definition) is 0. The Balaban J connectivity index is 2.25. The van der Waals surface area contributed by atoms with Gasteiger partial charge in [-0.25, -0.2) is 0 Å². The Hall–Kier alpha value is -1.12. The molecule has 0 aliphatic rings. The van der Waals surface area contributed by atoms with Crippen molar-refractivity contribution in [1.82, 2.24) is 0 Å². The highest BCUT2D eigenvalue weighted by Gasteiger charge is 2.09. The van der Waals surface area contributed by atoms with Crippen LogP contribution in [0, 0.1) is 13.8 Å². The maximum Gasteiger partial charge on any atom is 0.167 e. The Morgan fingerprint density at radius 1 is 1.05 bits per heavy atom. The number of carbonyl (C=O) groups excluding carboxylic acids is 1. The highest BCUT2D eigenvalue weighted by molar-refractivity contribution is 9.10. The van der Waals surface area contributed by atoms with Crippen LogP contribution in [0.25, 0.3) is 0 Å². The van der Waals surface area contributed by atoms with Crippen LogP contribution in [0.15, 0.2) is 40.9 Å². The molecule has 98 valence electrons. The summed E-state index contributed by atoms with van der Waals surface area (Å²) in [7, 11) is 0. The summed E-state index contributed by atoms with van der Waals surface area (Å²) in [5.74, 6) is 0.0770. The van der Waals surface area contributed by atoms with E-state index in [0.717, 1.165) is 10.0 Å². The van der Waals surface area contributed by atoms with Crippen LogP contribution in [0.4, 0.5) is 0 Å². The average molecular weight is 338 g/mol. The molecule has 0 aromatic heterocycles. The molecular formula is C16H14BrClO. The summed E-state index contributed by atoms with van der Waals surface area (Å²) in [5, 5.41) is 0.568. The predicted molar refractivity (Wildman–Crippen MR) is 83.1 cm³/mol. The van der Waals surface area contributed by atoms with Crippen molar-refractivity contribution < 1.29 is 4.79 Å². The van der Waals surface area contributed by atoms with E-state index in [2.05, 4.69) is 22.0 Å². The maximum absolute atomic E-state index is 12.3. The van der Waals surface area contributed by atoms with Gasteiger partial charge >= 0.3 is 0 Å². The molecule has 0 saturated heterocycles. The molecular weight excluding hydrogens is 324 g/mol. The van der Waals surface area contributed by atoms with Crippen LogP contribution in [0.2, 0.25) is 5.02 Å². The molecule has 0 fully saturated rings. The Kier molecular flexibility index (Phi) is 4.43. The number of ketones is 1. The van der Waals surface area contributed by atoms with Gasteiger partial charge in [-0.2, -0.15) is 0 Å². The van der Waals surface area contributed by atoms with Crippen molar-refractivity contribution in [3.63, 3.8) is 0 Å². The fourth-order valence-electron chi connectivity index (χ4n) is 2.17. The molecule has 3 heteroatoms. The molecule has 0 amide bonds. The third-order valence-electron chi connectivity index (χ3n) is 2.83. The zero-order valence-electron chi connectivity index (χ0n) is 10.8. The summed E-state index contributed by atoms with van der Waals surface area (Å²) < 4.78 is 0.823. The first kappa shape index (κ1) is 14.3. The molecule has 0 aliphatic heterocycles. The molecule has 0 radical (unpaired) electrons. The number of halogens is 2. The lowest BCUT2D eigenvalue weighted by Gasteiger charge is -2.06. The number of carbonyl (C=O) groups is 1. The van der Waals surface area contributed by atoms with E-state index in [4.69, 9.17) is 11.6 Å². The average Bonchev–Trinajstić information content (AvgIpc) is 2.25. The summed E-state index contributed by atoms with van der Waals surface area (Å²) >= 11 is 9.32. The maximum atomic E-state index is 12.3. The fraction of sp³-hybridized carbons (Fsp3) is 0.188. The smallest absolute Gasteiger partial charge is 0.167 e. The van der Waals surface area contributed by atoms with Gasteiger partial charge in [0.2, 0.25) is 0 Å². The minimum Gasteiger partial charge on any atom is -0.294 e. The predicted octanol–water partition coefficient (Wildman–Crippen LogP) is 5.14. The van der Waals surface area contributed by atoms with Crippen LogP contribution in [0.1, 0.15) is 27.0 Å². The van der Waals surface area contributed by atoms with Crippen LogP contribution in [-0.4, -0.2) is 5.78 Å². The summed E-state index contributed by atoms with van der Waals surface area (Å²) in [5.41, 5.74) is 4.03. The van der Waals surface area contributed by atoms with Crippen LogP contribution in [-0.2, 0) is 6.42 Å². The first-order chi connectivity index (χ1) is 8.94. The van der Waals surface area contributed by atoms with Gasteiger partial charge in [0.15, 0.2) is 5.78 Å². The van der Waals surface area contributed by atoms with E-state index in [-0.39, 0.29) is 5.78 Å². The Morgan fingerprint density at radius 2 is 1.68 bits per heavy atom. The van der Waals surface area contributed by atoms with Gasteiger partial charge in [-0.15, -0.1) is 0 Å². The molecule has 0 spiro atoms. The highest BCUT2D eigenvalue weighted by atomic mass is 79.9. The van der Waals surface area contributed by atoms with E-state index >= 15 is 0 Å². The molecule has 0 aliphatic carbocycles. The normalized spacial score (nSPS) is 10.5. The molecule has 0 bridgehead atoms. The number of hydrogen-bond acceptors (Lipinski definition) is 1. The van der Waals surface area contributed by atoms with Crippen LogP contribution in [0.5, 0.6) is 0 Å². The standard InChI is InChI=1S/C16H14BrClO/c1-10-3-11(2)5-12(4-10)6-16(19)13-7-14(17)9-15(18)8-13/h3-5,7-9H,6H2,1-2H3. The van der Waals surface area contributed by atoms with Gasteiger partial charge in [-0.05, 0) is 37.6 Å². The summed E-state index contributed by atoms with van der Waals surface area (Å²) in [6, 6.07) is 11.5. The van der Waals surface area contributed by atoms with Gasteiger partial charge in [0, 0.05) is 21.5 Å². The van der Waals surface area contributed by atoms with E-state index in [9.17, 15) is 4.79 Å². The van der Waals surface area contributed by atoms with Crippen molar-refractivity contribution in [2.75, 3.05) is 0 Å². The summed E-state index contributed by atoms with van der Waals surface area (Å²) in [6.07, 6.45) is 0.398. The number of benzene rings is 2. The summed E-state index contributed by atoms with van der Waals surface area (Å²) in [4.78, 5) is 12.3. The lowest BCUT2D eigenvalue weighted by molar-refractivity contribution is 0.0993. The molecule has 2 aromatic rings. The Morgan fingerprint density at radius 3 is 2.26 bits per heavy atom. The van der Waals surface area contributed by atoms with Gasteiger partial charge in [0.1, 0.15) is 0 Å². The number of Topliss-reactive ketones (excluding diaryl/α,β-unsaturated/α-hetero) is 1. The van der Waals surface area contributed by atoms with Crippen LogP contribution >= 0.6 is 27.5 Å². The monoisotopic (exact) mass is 336 g/mol. The van der Waals surface area contributed by atoms with Crippen molar-refractivity contribution in [3.8, 4) is 0 Å². The second-order valence-electron chi connectivity index (χ2n) is 4.75. The quantitative estimate of drug-likeness (QED) is 0.708. The van der Waals surface area contributed by atoms with E-state index in [0.29, 0.717) is 17.0 Å². The van der Waals surface area contributed by atoms with Gasteiger partial charge < -0.3 is 0 Å². The van der Waals surface area contributed by atoms with Gasteiger partial charge in [-0.3, -0.25) is 4.79 Å². The van der Waals surface area contributed by atoms with Crippen molar-refractivity contribution in [1.29, 1.82) is 0 Å². The van der Waals surface area contributed by atoms with Crippen molar-refractivity contribution in [3.05, 3.63) is 68.1 Å². The topological polar surface area (TPSA) is 17.1 Å². The summed E-state index contributed by atoms with van der Waals surface area (Å²) in [6.45, 7) is 4.08. The Bertz CT molecular complexity index is 594. The van der Waals surface area contributed by atoms with Gasteiger partial charge in [-0.1, -0.05) is 56.9 Å². The van der Waals surface area contributed by atoms with E-state index in [1.54, 1.807) is 18.2 Å². The van der Waals surface area contributed by atoms with E-state index < -0.39 is 0 Å². The van der Waals surface area contributed by atoms with Gasteiger partial charge in [0.05, 0.1) is 0 Å². The second kappa shape index (κ2) is 5.89. The zero-order chi connectivity index (χ0) is 14.0. The molecule has 0 heterocycles. The minimum absolute atomic E-state index is 0.0770. The van der Waals surface area contributed by atoms with E-state index in [1.165, 1.54) is 11.1 Å². The first-order valence-corrected chi connectivity index (χ1v) is 7.17. The molecule has 2 rings (SSSR count). The SMILES string of the molecule is Cc1cc(C)cc(CC(=O)c2cc(Cl)cc(Br)c2)c1. The molecule has 2 aromatic carbocycles. The number of aryl methyl sites for hydroxylation is 2. The van der Waals surface area contributed by atoms with Crippen LogP contribution < -0.4 is 0 Å². The van der Waals surface area contributed by atoms with Crippen molar-refractivity contribution in [2.45, 2.75) is 20.3 Å². The highest BCUT2D eigenvalue weighted by Crippen LogP contribution is 2.21. The first-order valence-electron chi connectivity index (χ1n) is 6.00. The van der Waals surface area contributed by atoms with E-state index in [1.807, 2.05) is 26.0 Å². The van der Waals surface area contributed by atoms with Crippen molar-refractivity contribution in [2.24, 2.45) is 0 Å². The minimum atomic E-state index is 0.0770. The van der Waals surface area contributed by atoms with Gasteiger partial charge in [0.25, 0.3) is 0 Å². The second-order valence-corrected chi connectivity index (χ2v) is 6.11. The lowest BCUT2D eigenvalue weighted by Crippen LogP contribution is -2.04. The fourth-order valence-corrected chi connectivity index (χ4v) is 3.03. The molecule has 0 N–H and O–H groups in total. The third kappa shape index (κ3) is 3.92. The Labute approximate surface area is 126 Å². The molecule has 0 atom stereocenters. The van der Waals surface area contributed by atoms with Crippen LogP contribution in [0.3, 0.4) is 0 Å². The zero-order valence-corrected chi connectivity index (χ0v) is 13.2. The number of rotatable bonds is 3. The molecule has 0 saturated carbocycles. The third-order valence-corrected chi connectivity index (χ3v) is 3.51. The van der Waals surface area contributed by atoms with Crippen molar-refractivity contribution >= 4 is 33.3 Å². The lowest BCUT2D eigenvalue weighted by atomic mass is 10.00. The molecule has 0 unspecified atom stereocenters. The molecule has 1 nitrogen and oxygen atoms in total. The molecule has 19 heavy (non-hydrogen) atoms. The largest absolute Gasteiger partial charge is 0.294 e.